The molecule has 2 aromatic carbocycles. The molecule has 0 aromatic heterocycles. The molecule has 90 valence electrons. The topological polar surface area (TPSA) is 33.0 Å². The van der Waals surface area contributed by atoms with Gasteiger partial charge in [-0.1, -0.05) is 11.6 Å². The molecule has 0 saturated heterocycles. The van der Waals surface area contributed by atoms with Gasteiger partial charge in [0.05, 0.1) is 11.6 Å². The van der Waals surface area contributed by atoms with E-state index in [1.54, 1.807) is 24.3 Å². The fourth-order valence-corrected chi connectivity index (χ4v) is 2.10. The highest BCUT2D eigenvalue weighted by Crippen LogP contribution is 2.31. The maximum atomic E-state index is 8.73. The molecule has 0 unspecified atom stereocenters. The van der Waals surface area contributed by atoms with Crippen LogP contribution in [0.5, 0.6) is 11.5 Å². The van der Waals surface area contributed by atoms with Gasteiger partial charge in [-0.3, -0.25) is 0 Å². The van der Waals surface area contributed by atoms with Crippen LogP contribution in [0.15, 0.2) is 36.4 Å². The van der Waals surface area contributed by atoms with Crippen molar-refractivity contribution in [2.75, 3.05) is 0 Å². The van der Waals surface area contributed by atoms with Gasteiger partial charge in [0.15, 0.2) is 0 Å². The first-order valence-electron chi connectivity index (χ1n) is 5.55. The molecular formula is C15H12ClNO. The quantitative estimate of drug-likeness (QED) is 0.786. The third-order valence-corrected chi connectivity index (χ3v) is 2.85. The fourth-order valence-electron chi connectivity index (χ4n) is 1.77. The fraction of sp³-hybridized carbons (Fsp3) is 0.133. The molecular weight excluding hydrogens is 246 g/mol. The molecule has 0 aliphatic rings. The molecule has 0 N–H and O–H groups in total. The van der Waals surface area contributed by atoms with Crippen LogP contribution in [0.4, 0.5) is 0 Å². The Balaban J connectivity index is 2.31. The molecule has 0 amide bonds. The van der Waals surface area contributed by atoms with Crippen LogP contribution < -0.4 is 4.74 Å². The van der Waals surface area contributed by atoms with Gasteiger partial charge in [0.25, 0.3) is 0 Å². The molecule has 0 bridgehead atoms. The highest BCUT2D eigenvalue weighted by molar-refractivity contribution is 6.30. The van der Waals surface area contributed by atoms with Crippen molar-refractivity contribution in [1.29, 1.82) is 5.26 Å². The van der Waals surface area contributed by atoms with Gasteiger partial charge >= 0.3 is 0 Å². The Morgan fingerprint density at radius 1 is 1.06 bits per heavy atom. The summed E-state index contributed by atoms with van der Waals surface area (Å²) in [5.74, 6) is 1.52. The Hall–Kier alpha value is -1.98. The lowest BCUT2D eigenvalue weighted by molar-refractivity contribution is 0.475. The first kappa shape index (κ1) is 12.5. The number of aryl methyl sites for hydroxylation is 2. The van der Waals surface area contributed by atoms with E-state index in [0.29, 0.717) is 16.3 Å². The van der Waals surface area contributed by atoms with Crippen LogP contribution in [0.25, 0.3) is 0 Å². The van der Waals surface area contributed by atoms with Crippen LogP contribution in [0.1, 0.15) is 16.7 Å². The maximum absolute atomic E-state index is 8.73. The molecule has 3 heteroatoms. The zero-order valence-electron chi connectivity index (χ0n) is 10.2. The molecule has 2 rings (SSSR count). The van der Waals surface area contributed by atoms with Crippen LogP contribution in [-0.2, 0) is 0 Å². The maximum Gasteiger partial charge on any atom is 0.133 e. The largest absolute Gasteiger partial charge is 0.457 e. The monoisotopic (exact) mass is 257 g/mol. The van der Waals surface area contributed by atoms with Crippen molar-refractivity contribution in [2.45, 2.75) is 13.8 Å². The van der Waals surface area contributed by atoms with E-state index in [2.05, 4.69) is 6.07 Å². The van der Waals surface area contributed by atoms with E-state index in [0.717, 1.165) is 16.9 Å². The molecule has 2 aromatic rings. The average molecular weight is 258 g/mol. The summed E-state index contributed by atoms with van der Waals surface area (Å²) >= 11 is 5.97. The predicted molar refractivity (Wildman–Crippen MR) is 72.2 cm³/mol. The highest BCUT2D eigenvalue weighted by Gasteiger charge is 2.07. The van der Waals surface area contributed by atoms with E-state index >= 15 is 0 Å². The normalized spacial score (nSPS) is 9.89. The Bertz CT molecular complexity index is 588. The first-order valence-corrected chi connectivity index (χ1v) is 5.92. The van der Waals surface area contributed by atoms with Crippen LogP contribution in [0.2, 0.25) is 5.02 Å². The lowest BCUT2D eigenvalue weighted by atomic mass is 10.1. The van der Waals surface area contributed by atoms with Crippen LogP contribution >= 0.6 is 11.6 Å². The van der Waals surface area contributed by atoms with Crippen molar-refractivity contribution in [3.8, 4) is 17.6 Å². The zero-order valence-corrected chi connectivity index (χ0v) is 11.0. The second-order valence-electron chi connectivity index (χ2n) is 4.11. The highest BCUT2D eigenvalue weighted by atomic mass is 35.5. The predicted octanol–water partition coefficient (Wildman–Crippen LogP) is 4.62. The number of halogens is 1. The number of benzene rings is 2. The van der Waals surface area contributed by atoms with Gasteiger partial charge in [-0.15, -0.1) is 0 Å². The van der Waals surface area contributed by atoms with Gasteiger partial charge in [0.2, 0.25) is 0 Å². The molecule has 0 aliphatic carbocycles. The molecule has 2 nitrogen and oxygen atoms in total. The van der Waals surface area contributed by atoms with Crippen molar-refractivity contribution >= 4 is 11.6 Å². The molecule has 0 atom stereocenters. The van der Waals surface area contributed by atoms with Crippen molar-refractivity contribution < 1.29 is 4.74 Å². The number of ether oxygens (including phenoxy) is 1. The molecule has 0 heterocycles. The van der Waals surface area contributed by atoms with E-state index in [1.165, 1.54) is 0 Å². The van der Waals surface area contributed by atoms with Gasteiger partial charge < -0.3 is 4.74 Å². The summed E-state index contributed by atoms with van der Waals surface area (Å²) in [6.45, 7) is 3.91. The van der Waals surface area contributed by atoms with Gasteiger partial charge in [-0.25, -0.2) is 0 Å². The number of nitrogens with zero attached hydrogens (tertiary/aromatic N) is 1. The number of hydrogen-bond donors (Lipinski definition) is 0. The standard InChI is InChI=1S/C15H12ClNO/c1-10-7-13(16)8-11(2)15(10)18-14-5-3-12(9-17)4-6-14/h3-8H,1-2H3. The summed E-state index contributed by atoms with van der Waals surface area (Å²) in [6, 6.07) is 12.8. The molecule has 0 saturated carbocycles. The molecule has 0 radical (unpaired) electrons. The summed E-state index contributed by atoms with van der Waals surface area (Å²) in [4.78, 5) is 0. The Morgan fingerprint density at radius 2 is 1.61 bits per heavy atom. The molecule has 0 fully saturated rings. The summed E-state index contributed by atoms with van der Waals surface area (Å²) in [5, 5.41) is 9.44. The van der Waals surface area contributed by atoms with E-state index in [1.807, 2.05) is 26.0 Å². The second kappa shape index (κ2) is 5.12. The van der Waals surface area contributed by atoms with Crippen molar-refractivity contribution in [1.82, 2.24) is 0 Å². The van der Waals surface area contributed by atoms with Gasteiger partial charge in [-0.05, 0) is 61.4 Å². The van der Waals surface area contributed by atoms with E-state index in [4.69, 9.17) is 21.6 Å². The SMILES string of the molecule is Cc1cc(Cl)cc(C)c1Oc1ccc(C#N)cc1. The van der Waals surface area contributed by atoms with Crippen molar-refractivity contribution in [2.24, 2.45) is 0 Å². The lowest BCUT2D eigenvalue weighted by Gasteiger charge is -2.12. The van der Waals surface area contributed by atoms with Gasteiger partial charge in [0, 0.05) is 5.02 Å². The Morgan fingerprint density at radius 3 is 2.11 bits per heavy atom. The van der Waals surface area contributed by atoms with Crippen molar-refractivity contribution in [3.63, 3.8) is 0 Å². The average Bonchev–Trinajstić information content (AvgIpc) is 2.34. The summed E-state index contributed by atoms with van der Waals surface area (Å²) < 4.78 is 5.83. The number of hydrogen-bond acceptors (Lipinski definition) is 2. The Labute approximate surface area is 111 Å². The van der Waals surface area contributed by atoms with Crippen molar-refractivity contribution in [3.05, 3.63) is 58.1 Å². The van der Waals surface area contributed by atoms with Gasteiger partial charge in [0.1, 0.15) is 11.5 Å². The Kier molecular flexibility index (Phi) is 3.55. The third-order valence-electron chi connectivity index (χ3n) is 2.63. The summed E-state index contributed by atoms with van der Waals surface area (Å²) in [7, 11) is 0. The van der Waals surface area contributed by atoms with Gasteiger partial charge in [-0.2, -0.15) is 5.26 Å². The van der Waals surface area contributed by atoms with Crippen LogP contribution in [0.3, 0.4) is 0 Å². The summed E-state index contributed by atoms with van der Waals surface area (Å²) in [5.41, 5.74) is 2.60. The number of rotatable bonds is 2. The minimum absolute atomic E-state index is 0.618. The van der Waals surface area contributed by atoms with Crippen LogP contribution in [0, 0.1) is 25.2 Å². The first-order chi connectivity index (χ1) is 8.60. The van der Waals surface area contributed by atoms with E-state index in [-0.39, 0.29) is 0 Å². The van der Waals surface area contributed by atoms with E-state index < -0.39 is 0 Å². The molecule has 0 aliphatic heterocycles. The summed E-state index contributed by atoms with van der Waals surface area (Å²) in [6.07, 6.45) is 0. The molecule has 18 heavy (non-hydrogen) atoms. The van der Waals surface area contributed by atoms with Crippen LogP contribution in [-0.4, -0.2) is 0 Å². The second-order valence-corrected chi connectivity index (χ2v) is 4.54. The smallest absolute Gasteiger partial charge is 0.133 e. The van der Waals surface area contributed by atoms with E-state index in [9.17, 15) is 0 Å². The minimum Gasteiger partial charge on any atom is -0.457 e. The lowest BCUT2D eigenvalue weighted by Crippen LogP contribution is -1.91. The third kappa shape index (κ3) is 2.64. The minimum atomic E-state index is 0.618. The number of nitriles is 1. The zero-order chi connectivity index (χ0) is 13.1. The molecule has 0 spiro atoms.